The van der Waals surface area contributed by atoms with E-state index < -0.39 is 38.3 Å². The first-order valence-corrected chi connectivity index (χ1v) is 6.40. The first-order chi connectivity index (χ1) is 9.09. The van der Waals surface area contributed by atoms with E-state index in [1.807, 2.05) is 0 Å². The van der Waals surface area contributed by atoms with Crippen LogP contribution in [-0.4, -0.2) is 40.2 Å². The van der Waals surface area contributed by atoms with E-state index in [9.17, 15) is 18.0 Å². The molecule has 0 bridgehead atoms. The van der Waals surface area contributed by atoms with Crippen molar-refractivity contribution in [3.05, 3.63) is 36.4 Å². The molecule has 20 heavy (non-hydrogen) atoms. The fourth-order valence-electron chi connectivity index (χ4n) is 0.970. The number of hydrogen-bond acceptors (Lipinski definition) is 5. The fourth-order valence-corrected chi connectivity index (χ4v) is 1.48. The second-order valence-corrected chi connectivity index (χ2v) is 4.77. The minimum Gasteiger partial charge on any atom is -0.507 e. The summed E-state index contributed by atoms with van der Waals surface area (Å²) < 4.78 is 29.8. The molecule has 0 radical (unpaired) electrons. The lowest BCUT2D eigenvalue weighted by molar-refractivity contribution is -0.136. The van der Waals surface area contributed by atoms with Gasteiger partial charge >= 0.3 is 11.9 Å². The topological polar surface area (TPSA) is 149 Å². The van der Waals surface area contributed by atoms with E-state index in [2.05, 4.69) is 6.58 Å². The van der Waals surface area contributed by atoms with Crippen LogP contribution in [0, 0.1) is 0 Å². The van der Waals surface area contributed by atoms with Gasteiger partial charge < -0.3 is 15.3 Å². The van der Waals surface area contributed by atoms with Crippen LogP contribution in [0.5, 0.6) is 5.75 Å². The predicted molar refractivity (Wildman–Crippen MR) is 67.3 cm³/mol. The number of aliphatic carboxylic acids is 1. The maximum Gasteiger partial charge on any atom is 0.339 e. The van der Waals surface area contributed by atoms with Gasteiger partial charge in [0.25, 0.3) is 10.1 Å². The normalized spacial score (nSPS) is 10.1. The Bertz CT molecular complexity index is 617. The largest absolute Gasteiger partial charge is 0.507 e. The van der Waals surface area contributed by atoms with Gasteiger partial charge in [-0.05, 0) is 18.2 Å². The Balaban J connectivity index is 0.000000511. The van der Waals surface area contributed by atoms with Crippen molar-refractivity contribution >= 4 is 22.1 Å². The standard InChI is InChI=1S/C7H6O6S.C4H6O2/c8-6-2-1-4(14(11,12)13)3-5(6)7(9)10;1-2-3-4(5)6/h1-3,8H,(H,9,10)(H,11,12,13);2H,1,3H2,(H,5,6). The monoisotopic (exact) mass is 304 g/mol. The number of benzene rings is 1. The average Bonchev–Trinajstić information content (AvgIpc) is 2.28. The smallest absolute Gasteiger partial charge is 0.339 e. The molecule has 0 aliphatic heterocycles. The van der Waals surface area contributed by atoms with E-state index in [0.29, 0.717) is 6.07 Å². The van der Waals surface area contributed by atoms with Crippen molar-refractivity contribution in [2.24, 2.45) is 0 Å². The van der Waals surface area contributed by atoms with Crippen molar-refractivity contribution in [2.75, 3.05) is 0 Å². The van der Waals surface area contributed by atoms with Crippen LogP contribution in [0.25, 0.3) is 0 Å². The van der Waals surface area contributed by atoms with Gasteiger partial charge in [0, 0.05) is 0 Å². The van der Waals surface area contributed by atoms with Gasteiger partial charge in [-0.3, -0.25) is 9.35 Å². The minimum absolute atomic E-state index is 0.0556. The van der Waals surface area contributed by atoms with Crippen LogP contribution < -0.4 is 0 Å². The van der Waals surface area contributed by atoms with E-state index in [4.69, 9.17) is 19.9 Å². The molecule has 0 saturated heterocycles. The highest BCUT2D eigenvalue weighted by Crippen LogP contribution is 2.20. The van der Waals surface area contributed by atoms with E-state index in [-0.39, 0.29) is 6.42 Å². The first-order valence-electron chi connectivity index (χ1n) is 4.96. The van der Waals surface area contributed by atoms with Crippen LogP contribution >= 0.6 is 0 Å². The lowest BCUT2D eigenvalue weighted by Gasteiger charge is -2.01. The van der Waals surface area contributed by atoms with Crippen LogP contribution in [0.2, 0.25) is 0 Å². The van der Waals surface area contributed by atoms with Crippen molar-refractivity contribution in [3.8, 4) is 5.75 Å². The van der Waals surface area contributed by atoms with Gasteiger partial charge in [-0.1, -0.05) is 6.08 Å². The van der Waals surface area contributed by atoms with Gasteiger partial charge in [0.15, 0.2) is 0 Å². The molecule has 0 unspecified atom stereocenters. The molecular weight excluding hydrogens is 292 g/mol. The Morgan fingerprint density at radius 2 is 1.80 bits per heavy atom. The van der Waals surface area contributed by atoms with E-state index in [1.165, 1.54) is 6.08 Å². The molecule has 0 heterocycles. The lowest BCUT2D eigenvalue weighted by atomic mass is 10.2. The number of carboxylic acid groups (broad SMARTS) is 2. The van der Waals surface area contributed by atoms with Gasteiger partial charge in [-0.25, -0.2) is 4.79 Å². The SMILES string of the molecule is C=CCC(=O)O.O=C(O)c1cc(S(=O)(=O)O)ccc1O. The van der Waals surface area contributed by atoms with Crippen LogP contribution in [-0.2, 0) is 14.9 Å². The Morgan fingerprint density at radius 1 is 1.25 bits per heavy atom. The van der Waals surface area contributed by atoms with Gasteiger partial charge in [-0.2, -0.15) is 8.42 Å². The molecule has 9 heteroatoms. The van der Waals surface area contributed by atoms with E-state index >= 15 is 0 Å². The number of carboxylic acids is 2. The zero-order valence-electron chi connectivity index (χ0n) is 10.1. The highest BCUT2D eigenvalue weighted by atomic mass is 32.2. The number of hydrogen-bond donors (Lipinski definition) is 4. The molecule has 0 fully saturated rings. The summed E-state index contributed by atoms with van der Waals surface area (Å²) in [5, 5.41) is 25.4. The zero-order chi connectivity index (χ0) is 15.9. The van der Waals surface area contributed by atoms with Crippen molar-refractivity contribution < 1.29 is 37.9 Å². The Morgan fingerprint density at radius 3 is 2.10 bits per heavy atom. The summed E-state index contributed by atoms with van der Waals surface area (Å²) in [5.74, 6) is -2.87. The molecule has 0 spiro atoms. The molecule has 0 amide bonds. The molecule has 110 valence electrons. The van der Waals surface area contributed by atoms with Crippen molar-refractivity contribution in [3.63, 3.8) is 0 Å². The van der Waals surface area contributed by atoms with E-state index in [0.717, 1.165) is 12.1 Å². The highest BCUT2D eigenvalue weighted by molar-refractivity contribution is 7.85. The zero-order valence-corrected chi connectivity index (χ0v) is 10.9. The quantitative estimate of drug-likeness (QED) is 0.475. The molecule has 4 N–H and O–H groups in total. The average molecular weight is 304 g/mol. The molecule has 8 nitrogen and oxygen atoms in total. The molecule has 1 aromatic rings. The van der Waals surface area contributed by atoms with Crippen molar-refractivity contribution in [1.82, 2.24) is 0 Å². The van der Waals surface area contributed by atoms with Crippen molar-refractivity contribution in [1.29, 1.82) is 0 Å². The van der Waals surface area contributed by atoms with Crippen LogP contribution in [0.15, 0.2) is 35.7 Å². The molecule has 0 atom stereocenters. The van der Waals surface area contributed by atoms with Gasteiger partial charge in [0.05, 0.1) is 11.3 Å². The lowest BCUT2D eigenvalue weighted by Crippen LogP contribution is -2.02. The van der Waals surface area contributed by atoms with Crippen molar-refractivity contribution in [2.45, 2.75) is 11.3 Å². The maximum absolute atomic E-state index is 10.6. The number of aromatic hydroxyl groups is 1. The third kappa shape index (κ3) is 5.98. The van der Waals surface area contributed by atoms with Gasteiger partial charge in [0.2, 0.25) is 0 Å². The van der Waals surface area contributed by atoms with E-state index in [1.54, 1.807) is 0 Å². The first kappa shape index (κ1) is 17.6. The second-order valence-electron chi connectivity index (χ2n) is 3.35. The molecule has 1 aromatic carbocycles. The van der Waals surface area contributed by atoms with Crippen LogP contribution in [0.1, 0.15) is 16.8 Å². The highest BCUT2D eigenvalue weighted by Gasteiger charge is 2.16. The van der Waals surface area contributed by atoms with Crippen LogP contribution in [0.4, 0.5) is 0 Å². The molecule has 1 rings (SSSR count). The number of rotatable bonds is 4. The molecule has 0 aliphatic carbocycles. The molecule has 0 aliphatic rings. The summed E-state index contributed by atoms with van der Waals surface area (Å²) in [6, 6.07) is 2.46. The Labute approximate surface area is 114 Å². The summed E-state index contributed by atoms with van der Waals surface area (Å²) in [6.45, 7) is 3.22. The molecule has 0 aromatic heterocycles. The number of phenols is 1. The van der Waals surface area contributed by atoms with Crippen LogP contribution in [0.3, 0.4) is 0 Å². The second kappa shape index (κ2) is 7.26. The maximum atomic E-state index is 10.6. The molecule has 0 saturated carbocycles. The minimum atomic E-state index is -4.45. The summed E-state index contributed by atoms with van der Waals surface area (Å²) in [6.07, 6.45) is 1.41. The van der Waals surface area contributed by atoms with Gasteiger partial charge in [0.1, 0.15) is 11.3 Å². The van der Waals surface area contributed by atoms with Gasteiger partial charge in [-0.15, -0.1) is 6.58 Å². The fraction of sp³-hybridized carbons (Fsp3) is 0.0909. The predicted octanol–water partition coefficient (Wildman–Crippen LogP) is 0.984. The summed E-state index contributed by atoms with van der Waals surface area (Å²) in [4.78, 5) is 19.4. The third-order valence-electron chi connectivity index (χ3n) is 1.82. The summed E-state index contributed by atoms with van der Waals surface area (Å²) in [7, 11) is -4.45. The number of carbonyl (C=O) groups is 2. The Hall–Kier alpha value is -2.39. The summed E-state index contributed by atoms with van der Waals surface area (Å²) in [5.41, 5.74) is -0.583. The summed E-state index contributed by atoms with van der Waals surface area (Å²) >= 11 is 0. The Kier molecular flexibility index (Phi) is 6.39. The number of aromatic carboxylic acids is 1. The molecular formula is C11H12O8S. The third-order valence-corrected chi connectivity index (χ3v) is 2.66.